The van der Waals surface area contributed by atoms with Gasteiger partial charge in [-0.2, -0.15) is 0 Å². The van der Waals surface area contributed by atoms with Crippen molar-refractivity contribution in [2.45, 2.75) is 39.5 Å². The zero-order chi connectivity index (χ0) is 15.1. The molecule has 21 heavy (non-hydrogen) atoms. The molecule has 0 unspecified atom stereocenters. The van der Waals surface area contributed by atoms with E-state index < -0.39 is 0 Å². The Morgan fingerprint density at radius 2 is 2.05 bits per heavy atom. The Morgan fingerprint density at radius 1 is 1.33 bits per heavy atom. The summed E-state index contributed by atoms with van der Waals surface area (Å²) in [6.07, 6.45) is 5.02. The van der Waals surface area contributed by atoms with Crippen LogP contribution in [0.2, 0.25) is 0 Å². The summed E-state index contributed by atoms with van der Waals surface area (Å²) in [6.45, 7) is 11.3. The van der Waals surface area contributed by atoms with E-state index in [2.05, 4.69) is 29.1 Å². The largest absolute Gasteiger partial charge is 0.379 e. The van der Waals surface area contributed by atoms with E-state index in [9.17, 15) is 0 Å². The van der Waals surface area contributed by atoms with E-state index in [4.69, 9.17) is 10.5 Å². The molecule has 2 rings (SSSR count). The minimum Gasteiger partial charge on any atom is -0.379 e. The molecule has 0 bridgehead atoms. The van der Waals surface area contributed by atoms with E-state index in [1.807, 2.05) is 0 Å². The van der Waals surface area contributed by atoms with Gasteiger partial charge in [0.15, 0.2) is 5.96 Å². The standard InChI is InChI=1S/C16H32N4O/c1-14(2)12-16(4-5-16)13-19-15(17)18-6-3-7-20-8-10-21-11-9-20/h14H,3-13H2,1-2H3,(H3,17,18,19). The van der Waals surface area contributed by atoms with Crippen LogP contribution in [0.15, 0.2) is 4.99 Å². The van der Waals surface area contributed by atoms with Gasteiger partial charge >= 0.3 is 0 Å². The van der Waals surface area contributed by atoms with Gasteiger partial charge in [0.05, 0.1) is 13.2 Å². The highest BCUT2D eigenvalue weighted by atomic mass is 16.5. The van der Waals surface area contributed by atoms with E-state index in [0.29, 0.717) is 11.4 Å². The molecule has 2 fully saturated rings. The van der Waals surface area contributed by atoms with Gasteiger partial charge in [-0.25, -0.2) is 0 Å². The third-order valence-corrected chi connectivity index (χ3v) is 4.44. The minimum atomic E-state index is 0.467. The molecule has 2 aliphatic rings. The van der Waals surface area contributed by atoms with Gasteiger partial charge in [-0.1, -0.05) is 13.8 Å². The van der Waals surface area contributed by atoms with E-state index in [1.54, 1.807) is 0 Å². The lowest BCUT2D eigenvalue weighted by atomic mass is 9.94. The summed E-state index contributed by atoms with van der Waals surface area (Å²) in [6, 6.07) is 0. The van der Waals surface area contributed by atoms with Crippen LogP contribution in [0.3, 0.4) is 0 Å². The predicted molar refractivity (Wildman–Crippen MR) is 87.5 cm³/mol. The zero-order valence-electron chi connectivity index (χ0n) is 13.7. The Hall–Kier alpha value is -0.810. The fourth-order valence-corrected chi connectivity index (χ4v) is 3.12. The Labute approximate surface area is 129 Å². The molecule has 0 radical (unpaired) electrons. The number of hydrogen-bond donors (Lipinski definition) is 2. The summed E-state index contributed by atoms with van der Waals surface area (Å²) in [5, 5.41) is 3.25. The van der Waals surface area contributed by atoms with Crippen molar-refractivity contribution in [1.82, 2.24) is 10.2 Å². The van der Waals surface area contributed by atoms with Crippen molar-refractivity contribution in [2.24, 2.45) is 22.1 Å². The van der Waals surface area contributed by atoms with Crippen molar-refractivity contribution in [3.63, 3.8) is 0 Å². The highest BCUT2D eigenvalue weighted by Crippen LogP contribution is 2.50. The lowest BCUT2D eigenvalue weighted by Gasteiger charge is -2.26. The molecule has 0 amide bonds. The van der Waals surface area contributed by atoms with E-state index in [-0.39, 0.29) is 0 Å². The van der Waals surface area contributed by atoms with Crippen molar-refractivity contribution in [3.8, 4) is 0 Å². The number of nitrogens with two attached hydrogens (primary N) is 1. The number of rotatable bonds is 8. The molecule has 3 N–H and O–H groups in total. The number of guanidine groups is 1. The van der Waals surface area contributed by atoms with Gasteiger partial charge in [0.2, 0.25) is 0 Å². The average Bonchev–Trinajstić information content (AvgIpc) is 3.22. The fraction of sp³-hybridized carbons (Fsp3) is 0.938. The van der Waals surface area contributed by atoms with E-state index >= 15 is 0 Å². The normalized spacial score (nSPS) is 22.5. The number of hydrogen-bond acceptors (Lipinski definition) is 3. The molecule has 122 valence electrons. The maximum Gasteiger partial charge on any atom is 0.188 e. The molecular weight excluding hydrogens is 264 g/mol. The quantitative estimate of drug-likeness (QED) is 0.404. The molecule has 1 saturated carbocycles. The summed E-state index contributed by atoms with van der Waals surface area (Å²) in [5.41, 5.74) is 6.43. The van der Waals surface area contributed by atoms with Crippen LogP contribution in [-0.2, 0) is 4.74 Å². The third kappa shape index (κ3) is 6.22. The Balaban J connectivity index is 1.56. The van der Waals surface area contributed by atoms with Crippen molar-refractivity contribution < 1.29 is 4.74 Å². The van der Waals surface area contributed by atoms with Crippen molar-refractivity contribution in [3.05, 3.63) is 0 Å². The van der Waals surface area contributed by atoms with Gasteiger partial charge in [0.1, 0.15) is 0 Å². The molecule has 1 saturated heterocycles. The maximum atomic E-state index is 5.96. The Kier molecular flexibility index (Phi) is 6.30. The summed E-state index contributed by atoms with van der Waals surface area (Å²) in [7, 11) is 0. The molecule has 0 aromatic rings. The van der Waals surface area contributed by atoms with E-state index in [1.165, 1.54) is 19.3 Å². The molecule has 5 nitrogen and oxygen atoms in total. The fourth-order valence-electron chi connectivity index (χ4n) is 3.12. The van der Waals surface area contributed by atoms with Crippen LogP contribution in [-0.4, -0.2) is 56.8 Å². The first kappa shape index (κ1) is 16.6. The van der Waals surface area contributed by atoms with Gasteiger partial charge in [-0.15, -0.1) is 0 Å². The van der Waals surface area contributed by atoms with Gasteiger partial charge in [0.25, 0.3) is 0 Å². The summed E-state index contributed by atoms with van der Waals surface area (Å²) in [4.78, 5) is 6.99. The number of nitrogens with one attached hydrogen (secondary N) is 1. The number of morpholine rings is 1. The van der Waals surface area contributed by atoms with Gasteiger partial charge in [-0.3, -0.25) is 9.89 Å². The second-order valence-corrected chi connectivity index (χ2v) is 7.03. The van der Waals surface area contributed by atoms with Crippen LogP contribution in [0.25, 0.3) is 0 Å². The third-order valence-electron chi connectivity index (χ3n) is 4.44. The van der Waals surface area contributed by atoms with Gasteiger partial charge in [0, 0.05) is 26.2 Å². The second kappa shape index (κ2) is 7.99. The highest BCUT2D eigenvalue weighted by molar-refractivity contribution is 5.77. The van der Waals surface area contributed by atoms with Crippen LogP contribution < -0.4 is 11.1 Å². The van der Waals surface area contributed by atoms with Crippen molar-refractivity contribution >= 4 is 5.96 Å². The molecular formula is C16H32N4O. The van der Waals surface area contributed by atoms with Crippen molar-refractivity contribution in [2.75, 3.05) is 45.9 Å². The number of ether oxygens (including phenoxy) is 1. The second-order valence-electron chi connectivity index (χ2n) is 7.03. The van der Waals surface area contributed by atoms with E-state index in [0.717, 1.165) is 58.3 Å². The lowest BCUT2D eigenvalue weighted by Crippen LogP contribution is -2.39. The Bertz CT molecular complexity index is 333. The van der Waals surface area contributed by atoms with Gasteiger partial charge < -0.3 is 15.8 Å². The molecule has 0 aromatic heterocycles. The number of aliphatic imine (C=N–C) groups is 1. The topological polar surface area (TPSA) is 62.9 Å². The first-order chi connectivity index (χ1) is 10.1. The van der Waals surface area contributed by atoms with Gasteiger partial charge in [-0.05, 0) is 43.6 Å². The Morgan fingerprint density at radius 3 is 2.67 bits per heavy atom. The number of nitrogens with zero attached hydrogens (tertiary/aromatic N) is 2. The smallest absolute Gasteiger partial charge is 0.188 e. The average molecular weight is 296 g/mol. The lowest BCUT2D eigenvalue weighted by molar-refractivity contribution is 0.0376. The van der Waals surface area contributed by atoms with Crippen LogP contribution in [0, 0.1) is 11.3 Å². The molecule has 5 heteroatoms. The molecule has 0 spiro atoms. The zero-order valence-corrected chi connectivity index (χ0v) is 13.7. The molecule has 1 heterocycles. The van der Waals surface area contributed by atoms with Crippen LogP contribution in [0.1, 0.15) is 39.5 Å². The molecule has 1 aliphatic heterocycles. The van der Waals surface area contributed by atoms with Crippen LogP contribution in [0.4, 0.5) is 0 Å². The summed E-state index contributed by atoms with van der Waals surface area (Å²) >= 11 is 0. The van der Waals surface area contributed by atoms with Crippen LogP contribution in [0.5, 0.6) is 0 Å². The molecule has 1 aliphatic carbocycles. The SMILES string of the molecule is CC(C)CC1(CN=C(N)NCCCN2CCOCC2)CC1. The maximum absolute atomic E-state index is 5.96. The minimum absolute atomic E-state index is 0.467. The molecule has 0 aromatic carbocycles. The monoisotopic (exact) mass is 296 g/mol. The first-order valence-corrected chi connectivity index (χ1v) is 8.44. The highest BCUT2D eigenvalue weighted by Gasteiger charge is 2.42. The van der Waals surface area contributed by atoms with Crippen LogP contribution >= 0.6 is 0 Å². The van der Waals surface area contributed by atoms with Crippen molar-refractivity contribution in [1.29, 1.82) is 0 Å². The molecule has 0 atom stereocenters. The summed E-state index contributed by atoms with van der Waals surface area (Å²) < 4.78 is 5.34. The predicted octanol–water partition coefficient (Wildman–Crippen LogP) is 1.44. The summed E-state index contributed by atoms with van der Waals surface area (Å²) in [5.74, 6) is 1.37. The first-order valence-electron chi connectivity index (χ1n) is 8.44.